The number of hydrogen-bond acceptors (Lipinski definition) is 2. The molecule has 1 rings (SSSR count). The summed E-state index contributed by atoms with van der Waals surface area (Å²) in [6.45, 7) is 8.33. The van der Waals surface area contributed by atoms with Crippen molar-refractivity contribution < 1.29 is 5.11 Å². The molecule has 0 fully saturated rings. The van der Waals surface area contributed by atoms with Gasteiger partial charge in [-0.05, 0) is 16.5 Å². The lowest BCUT2D eigenvalue weighted by molar-refractivity contribution is 0.292. The van der Waals surface area contributed by atoms with Crippen molar-refractivity contribution in [3.63, 3.8) is 0 Å². The summed E-state index contributed by atoms with van der Waals surface area (Å²) in [7, 11) is 0. The van der Waals surface area contributed by atoms with Gasteiger partial charge < -0.3 is 10.4 Å². The fraction of sp³-hybridized carbons (Fsp3) is 0.538. The van der Waals surface area contributed by atoms with E-state index in [1.807, 2.05) is 0 Å². The van der Waals surface area contributed by atoms with Crippen LogP contribution >= 0.6 is 0 Å². The molecule has 0 saturated carbocycles. The molecule has 0 aliphatic rings. The first-order valence-electron chi connectivity index (χ1n) is 5.45. The third kappa shape index (κ3) is 3.65. The summed E-state index contributed by atoms with van der Waals surface area (Å²) in [4.78, 5) is 0. The fourth-order valence-corrected chi connectivity index (χ4v) is 1.71. The fourth-order valence-electron chi connectivity index (χ4n) is 1.71. The van der Waals surface area contributed by atoms with Crippen molar-refractivity contribution in [2.24, 2.45) is 0 Å². The molecule has 0 saturated heterocycles. The first-order chi connectivity index (χ1) is 7.05. The predicted octanol–water partition coefficient (Wildman–Crippen LogP) is 2.07. The zero-order chi connectivity index (χ0) is 11.3. The molecule has 2 nitrogen and oxygen atoms in total. The molecule has 1 aromatic carbocycles. The van der Waals surface area contributed by atoms with Gasteiger partial charge in [0.15, 0.2) is 0 Å². The number of hydrogen-bond donors (Lipinski definition) is 2. The van der Waals surface area contributed by atoms with Gasteiger partial charge in [-0.25, -0.2) is 0 Å². The molecule has 0 aliphatic carbocycles. The number of rotatable bonds is 4. The lowest BCUT2D eigenvalue weighted by Crippen LogP contribution is -2.21. The minimum absolute atomic E-state index is 0.178. The summed E-state index contributed by atoms with van der Waals surface area (Å²) in [5.41, 5.74) is 2.87. The highest BCUT2D eigenvalue weighted by Gasteiger charge is 2.16. The topological polar surface area (TPSA) is 32.3 Å². The second-order valence-electron chi connectivity index (χ2n) is 4.81. The third-order valence-electron chi connectivity index (χ3n) is 2.43. The van der Waals surface area contributed by atoms with Gasteiger partial charge in [0.25, 0.3) is 0 Å². The van der Waals surface area contributed by atoms with Gasteiger partial charge in [-0.1, -0.05) is 45.0 Å². The Morgan fingerprint density at radius 3 is 2.47 bits per heavy atom. The van der Waals surface area contributed by atoms with Crippen molar-refractivity contribution in [2.45, 2.75) is 32.7 Å². The van der Waals surface area contributed by atoms with Gasteiger partial charge in [0.2, 0.25) is 0 Å². The van der Waals surface area contributed by atoms with Crippen molar-refractivity contribution in [3.05, 3.63) is 35.4 Å². The first kappa shape index (κ1) is 12.2. The average molecular weight is 207 g/mol. The molecule has 0 unspecified atom stereocenters. The minimum atomic E-state index is 0.178. The lowest BCUT2D eigenvalue weighted by Gasteiger charge is -2.23. The Bertz CT molecular complexity index is 302. The molecule has 0 atom stereocenters. The van der Waals surface area contributed by atoms with Crippen LogP contribution in [-0.4, -0.2) is 18.3 Å². The average Bonchev–Trinajstić information content (AvgIpc) is 2.17. The smallest absolute Gasteiger partial charge is 0.0556 e. The van der Waals surface area contributed by atoms with Gasteiger partial charge in [0.1, 0.15) is 0 Å². The Morgan fingerprint density at radius 2 is 1.87 bits per heavy atom. The number of benzene rings is 1. The number of nitrogens with one attached hydrogen (secondary N) is 1. The van der Waals surface area contributed by atoms with E-state index >= 15 is 0 Å². The van der Waals surface area contributed by atoms with Gasteiger partial charge in [0, 0.05) is 13.1 Å². The van der Waals surface area contributed by atoms with E-state index in [0.717, 1.165) is 6.54 Å². The van der Waals surface area contributed by atoms with Gasteiger partial charge in [-0.2, -0.15) is 0 Å². The predicted molar refractivity (Wildman–Crippen MR) is 63.9 cm³/mol. The van der Waals surface area contributed by atoms with Crippen LogP contribution in [0.3, 0.4) is 0 Å². The van der Waals surface area contributed by atoms with Crippen molar-refractivity contribution in [1.82, 2.24) is 5.32 Å². The van der Waals surface area contributed by atoms with E-state index in [0.29, 0.717) is 6.54 Å². The Kier molecular flexibility index (Phi) is 4.30. The van der Waals surface area contributed by atoms with Gasteiger partial charge >= 0.3 is 0 Å². The number of aliphatic hydroxyl groups excluding tert-OH is 1. The summed E-state index contributed by atoms with van der Waals surface area (Å²) < 4.78 is 0. The van der Waals surface area contributed by atoms with E-state index in [-0.39, 0.29) is 12.0 Å². The molecule has 84 valence electrons. The van der Waals surface area contributed by atoms with Crippen LogP contribution in [0, 0.1) is 0 Å². The second-order valence-corrected chi connectivity index (χ2v) is 4.81. The highest BCUT2D eigenvalue weighted by molar-refractivity contribution is 5.32. The molecular formula is C13H21NO. The molecule has 0 aromatic heterocycles. The second kappa shape index (κ2) is 5.29. The van der Waals surface area contributed by atoms with E-state index in [1.165, 1.54) is 11.1 Å². The largest absolute Gasteiger partial charge is 0.395 e. The van der Waals surface area contributed by atoms with E-state index < -0.39 is 0 Å². The molecule has 15 heavy (non-hydrogen) atoms. The number of aliphatic hydroxyl groups is 1. The molecule has 0 spiro atoms. The zero-order valence-electron chi connectivity index (χ0n) is 9.88. The van der Waals surface area contributed by atoms with E-state index in [1.54, 1.807) is 0 Å². The maximum atomic E-state index is 8.71. The molecule has 0 bridgehead atoms. The van der Waals surface area contributed by atoms with Crippen LogP contribution in [0.4, 0.5) is 0 Å². The van der Waals surface area contributed by atoms with Crippen LogP contribution in [0.15, 0.2) is 24.3 Å². The third-order valence-corrected chi connectivity index (χ3v) is 2.43. The van der Waals surface area contributed by atoms with Crippen LogP contribution in [-0.2, 0) is 12.0 Å². The van der Waals surface area contributed by atoms with Gasteiger partial charge in [0.05, 0.1) is 6.61 Å². The quantitative estimate of drug-likeness (QED) is 0.741. The van der Waals surface area contributed by atoms with Gasteiger partial charge in [-0.3, -0.25) is 0 Å². The van der Waals surface area contributed by atoms with Crippen LogP contribution < -0.4 is 5.32 Å². The molecule has 2 N–H and O–H groups in total. The first-order valence-corrected chi connectivity index (χ1v) is 5.45. The van der Waals surface area contributed by atoms with E-state index in [2.05, 4.69) is 50.4 Å². The standard InChI is InChI=1S/C13H21NO/c1-13(2,3)12-7-5-4-6-11(12)10-14-8-9-15/h4-7,14-15H,8-10H2,1-3H3. The van der Waals surface area contributed by atoms with E-state index in [9.17, 15) is 0 Å². The highest BCUT2D eigenvalue weighted by atomic mass is 16.3. The van der Waals surface area contributed by atoms with Crippen LogP contribution in [0.1, 0.15) is 31.9 Å². The summed E-state index contributed by atoms with van der Waals surface area (Å²) in [6.07, 6.45) is 0. The molecule has 1 aromatic rings. The lowest BCUT2D eigenvalue weighted by atomic mass is 9.84. The van der Waals surface area contributed by atoms with Crippen LogP contribution in [0.2, 0.25) is 0 Å². The summed E-state index contributed by atoms with van der Waals surface area (Å²) >= 11 is 0. The van der Waals surface area contributed by atoms with Gasteiger partial charge in [-0.15, -0.1) is 0 Å². The summed E-state index contributed by atoms with van der Waals surface area (Å²) in [5.74, 6) is 0. The maximum Gasteiger partial charge on any atom is 0.0556 e. The van der Waals surface area contributed by atoms with E-state index in [4.69, 9.17) is 5.11 Å². The molecule has 0 heterocycles. The minimum Gasteiger partial charge on any atom is -0.395 e. The van der Waals surface area contributed by atoms with Crippen molar-refractivity contribution in [1.29, 1.82) is 0 Å². The summed E-state index contributed by atoms with van der Waals surface area (Å²) in [6, 6.07) is 8.46. The Labute approximate surface area is 92.3 Å². The van der Waals surface area contributed by atoms with Crippen molar-refractivity contribution in [2.75, 3.05) is 13.2 Å². The molecular weight excluding hydrogens is 186 g/mol. The Hall–Kier alpha value is -0.860. The molecule has 0 amide bonds. The molecule has 0 aliphatic heterocycles. The molecule has 2 heteroatoms. The van der Waals surface area contributed by atoms with Crippen molar-refractivity contribution in [3.8, 4) is 0 Å². The zero-order valence-corrected chi connectivity index (χ0v) is 9.88. The monoisotopic (exact) mass is 207 g/mol. The van der Waals surface area contributed by atoms with Crippen LogP contribution in [0.5, 0.6) is 0 Å². The van der Waals surface area contributed by atoms with Crippen molar-refractivity contribution >= 4 is 0 Å². The summed E-state index contributed by atoms with van der Waals surface area (Å²) in [5, 5.41) is 11.9. The SMILES string of the molecule is CC(C)(C)c1ccccc1CNCCO. The maximum absolute atomic E-state index is 8.71. The van der Waals surface area contributed by atoms with Crippen LogP contribution in [0.25, 0.3) is 0 Å². The normalized spacial score (nSPS) is 11.7. The Balaban J connectivity index is 2.78. The molecule has 0 radical (unpaired) electrons. The Morgan fingerprint density at radius 1 is 1.20 bits per heavy atom. The highest BCUT2D eigenvalue weighted by Crippen LogP contribution is 2.25.